The number of aliphatic hydroxyl groups is 1. The van der Waals surface area contributed by atoms with Gasteiger partial charge in [-0.1, -0.05) is 37.3 Å². The first-order chi connectivity index (χ1) is 31.7. The Morgan fingerprint density at radius 1 is 1.09 bits per heavy atom. The van der Waals surface area contributed by atoms with Gasteiger partial charge in [0.15, 0.2) is 5.60 Å². The fourth-order valence-corrected chi connectivity index (χ4v) is 8.79. The van der Waals surface area contributed by atoms with Gasteiger partial charge in [0.2, 0.25) is 23.6 Å². The molecule has 67 heavy (non-hydrogen) atoms. The van der Waals surface area contributed by atoms with Crippen LogP contribution in [0.2, 0.25) is 0 Å². The summed E-state index contributed by atoms with van der Waals surface area (Å²) in [5.41, 5.74) is 9.60. The highest BCUT2D eigenvalue weighted by Crippen LogP contribution is 2.46. The number of aromatic nitrogens is 2. The molecule has 2 aromatic heterocycles. The summed E-state index contributed by atoms with van der Waals surface area (Å²) < 4.78 is 27.7. The number of benzene rings is 2. The van der Waals surface area contributed by atoms with Crippen LogP contribution in [0.15, 0.2) is 47.3 Å². The van der Waals surface area contributed by atoms with E-state index < -0.39 is 95.8 Å². The quantitative estimate of drug-likeness (QED) is 0.0459. The number of cyclic esters (lactones) is 1. The Morgan fingerprint density at radius 3 is 2.51 bits per heavy atom. The van der Waals surface area contributed by atoms with E-state index in [0.717, 1.165) is 10.6 Å². The number of pyridine rings is 2. The standard InChI is InChI=1S/C47H53FN8O11/c1-6-47(65)29-17-35-41-27(21-55(35)43(62)28(29)23-66-45(47)64)40-32(13-12-26-24(2)30(48)18-33(53-41)39(26)40)54-56(38(60)19-31(49)44(63)67-46(3,4)5)22-37(59)51-20-36(58)52-34(42(61)50-14-15-57)16-25-10-8-7-9-11-25/h7-11,15,17-18,31-32,34,54,65H,6,12-14,16,19-23,49H2,1-5H3,(H,50,61)(H,51,59)(H,52,58)/t31-,32-,34-,47-/m0/s1. The highest BCUT2D eigenvalue weighted by atomic mass is 19.1. The Bertz CT molecular complexity index is 2760. The lowest BCUT2D eigenvalue weighted by molar-refractivity contribution is -0.172. The number of hydrogen-bond donors (Lipinski definition) is 6. The first-order valence-corrected chi connectivity index (χ1v) is 21.9. The number of carbonyl (C=O) groups excluding carboxylic acids is 7. The summed E-state index contributed by atoms with van der Waals surface area (Å²) >= 11 is 0. The number of amides is 4. The molecule has 0 unspecified atom stereocenters. The minimum atomic E-state index is -2.10. The number of hydrazine groups is 1. The number of nitrogens with one attached hydrogen (secondary N) is 4. The van der Waals surface area contributed by atoms with Gasteiger partial charge in [-0.2, -0.15) is 0 Å². The Hall–Kier alpha value is -6.90. The zero-order chi connectivity index (χ0) is 48.5. The van der Waals surface area contributed by atoms with E-state index in [2.05, 4.69) is 21.4 Å². The van der Waals surface area contributed by atoms with Crippen molar-refractivity contribution in [1.29, 1.82) is 0 Å². The topological polar surface area (TPSA) is 270 Å². The van der Waals surface area contributed by atoms with E-state index in [9.17, 15) is 43.5 Å². The maximum atomic E-state index is 15.6. The maximum absolute atomic E-state index is 15.6. The Morgan fingerprint density at radius 2 is 1.82 bits per heavy atom. The molecule has 4 atom stereocenters. The van der Waals surface area contributed by atoms with E-state index in [0.29, 0.717) is 40.3 Å². The monoisotopic (exact) mass is 924 g/mol. The van der Waals surface area contributed by atoms with Crippen molar-refractivity contribution in [2.75, 3.05) is 19.6 Å². The first kappa shape index (κ1) is 48.0. The van der Waals surface area contributed by atoms with Crippen molar-refractivity contribution in [2.24, 2.45) is 5.73 Å². The molecule has 0 saturated heterocycles. The van der Waals surface area contributed by atoms with Crippen molar-refractivity contribution in [3.05, 3.63) is 97.6 Å². The molecular weight excluding hydrogens is 872 g/mol. The van der Waals surface area contributed by atoms with Crippen LogP contribution in [0.3, 0.4) is 0 Å². The number of nitrogens with zero attached hydrogens (tertiary/aromatic N) is 3. The zero-order valence-electron chi connectivity index (χ0n) is 37.7. The lowest BCUT2D eigenvalue weighted by Crippen LogP contribution is -2.54. The molecule has 7 rings (SSSR count). The van der Waals surface area contributed by atoms with Gasteiger partial charge >= 0.3 is 11.9 Å². The third kappa shape index (κ3) is 9.82. The van der Waals surface area contributed by atoms with E-state index in [-0.39, 0.29) is 67.0 Å². The summed E-state index contributed by atoms with van der Waals surface area (Å²) in [7, 11) is 0. The molecule has 20 heteroatoms. The molecule has 2 aromatic carbocycles. The molecule has 4 heterocycles. The van der Waals surface area contributed by atoms with Crippen molar-refractivity contribution in [3.8, 4) is 11.4 Å². The molecule has 3 aliphatic rings. The van der Waals surface area contributed by atoms with E-state index in [4.69, 9.17) is 20.2 Å². The molecule has 0 fully saturated rings. The smallest absolute Gasteiger partial charge is 0.343 e. The summed E-state index contributed by atoms with van der Waals surface area (Å²) in [6.07, 6.45) is 0.416. The highest BCUT2D eigenvalue weighted by Gasteiger charge is 2.46. The van der Waals surface area contributed by atoms with Crippen LogP contribution >= 0.6 is 0 Å². The van der Waals surface area contributed by atoms with Crippen LogP contribution in [-0.4, -0.2) is 98.8 Å². The second-order valence-electron chi connectivity index (χ2n) is 17.9. The van der Waals surface area contributed by atoms with Gasteiger partial charge in [-0.05, 0) is 75.3 Å². The molecule has 2 aliphatic heterocycles. The van der Waals surface area contributed by atoms with Crippen molar-refractivity contribution < 1.29 is 52.5 Å². The summed E-state index contributed by atoms with van der Waals surface area (Å²) in [5, 5.41) is 20.5. The van der Waals surface area contributed by atoms with Gasteiger partial charge in [0.05, 0.1) is 54.6 Å². The molecule has 19 nitrogen and oxygen atoms in total. The summed E-state index contributed by atoms with van der Waals surface area (Å²) in [6.45, 7) is 6.13. The number of aryl methyl sites for hydroxylation is 1. The van der Waals surface area contributed by atoms with Crippen LogP contribution < -0.4 is 32.7 Å². The van der Waals surface area contributed by atoms with E-state index in [1.54, 1.807) is 65.0 Å². The van der Waals surface area contributed by atoms with Crippen LogP contribution in [-0.2, 0) is 74.6 Å². The molecule has 0 saturated carbocycles. The fourth-order valence-electron chi connectivity index (χ4n) is 8.79. The highest BCUT2D eigenvalue weighted by molar-refractivity contribution is 5.95. The Kier molecular flexibility index (Phi) is 13.7. The molecule has 1 aliphatic carbocycles. The van der Waals surface area contributed by atoms with Crippen LogP contribution in [0.4, 0.5) is 4.39 Å². The molecule has 0 radical (unpaired) electrons. The van der Waals surface area contributed by atoms with Crippen molar-refractivity contribution in [3.63, 3.8) is 0 Å². The van der Waals surface area contributed by atoms with Crippen LogP contribution in [0.1, 0.15) is 91.9 Å². The number of nitrogens with two attached hydrogens (primary N) is 1. The minimum absolute atomic E-state index is 0.0346. The summed E-state index contributed by atoms with van der Waals surface area (Å²) in [5.74, 6) is -5.28. The molecular formula is C47H53FN8O11. The molecule has 4 aromatic rings. The SMILES string of the molecule is CC[C@@]1(O)C(=O)OCc2c1cc1n(c2=O)Cc2c-1nc1cc(F)c(C)c3c1c2[C@@H](NN(CC(=O)NCC(=O)N[C@@H](Cc1ccccc1)C(=O)NCC=O)C(=O)C[C@H](N)C(=O)OC(C)(C)C)CC3. The lowest BCUT2D eigenvalue weighted by atomic mass is 9.82. The van der Waals surface area contributed by atoms with Crippen molar-refractivity contribution >= 4 is 52.8 Å². The number of halogens is 1. The average Bonchev–Trinajstić information content (AvgIpc) is 3.66. The summed E-state index contributed by atoms with van der Waals surface area (Å²) in [6, 6.07) is 8.27. The third-order valence-electron chi connectivity index (χ3n) is 12.1. The number of hydrogen-bond acceptors (Lipinski definition) is 14. The molecule has 0 bridgehead atoms. The fraction of sp³-hybridized carbons (Fsp3) is 0.426. The van der Waals surface area contributed by atoms with Gasteiger partial charge in [0, 0.05) is 29.0 Å². The second-order valence-corrected chi connectivity index (χ2v) is 17.9. The second kappa shape index (κ2) is 19.1. The average molecular weight is 925 g/mol. The van der Waals surface area contributed by atoms with Crippen molar-refractivity contribution in [2.45, 2.75) is 109 Å². The van der Waals surface area contributed by atoms with Gasteiger partial charge in [-0.3, -0.25) is 33.8 Å². The number of esters is 2. The predicted molar refractivity (Wildman–Crippen MR) is 238 cm³/mol. The number of aldehydes is 1. The van der Waals surface area contributed by atoms with Gasteiger partial charge in [-0.25, -0.2) is 19.6 Å². The van der Waals surface area contributed by atoms with Gasteiger partial charge in [-0.15, -0.1) is 0 Å². The predicted octanol–water partition coefficient (Wildman–Crippen LogP) is 1.07. The Labute approximate surface area is 383 Å². The first-order valence-electron chi connectivity index (χ1n) is 21.9. The van der Waals surface area contributed by atoms with Gasteiger partial charge in [0.1, 0.15) is 42.9 Å². The van der Waals surface area contributed by atoms with E-state index >= 15 is 4.39 Å². The van der Waals surface area contributed by atoms with Crippen molar-refractivity contribution in [1.82, 2.24) is 35.9 Å². The van der Waals surface area contributed by atoms with Gasteiger partial charge < -0.3 is 45.6 Å². The third-order valence-corrected chi connectivity index (χ3v) is 12.1. The van der Waals surface area contributed by atoms with Crippen LogP contribution in [0.25, 0.3) is 22.3 Å². The minimum Gasteiger partial charge on any atom is -0.459 e. The lowest BCUT2D eigenvalue weighted by Gasteiger charge is -2.34. The van der Waals surface area contributed by atoms with E-state index in [1.807, 2.05) is 0 Å². The van der Waals surface area contributed by atoms with Crippen LogP contribution in [0, 0.1) is 12.7 Å². The molecule has 7 N–H and O–H groups in total. The van der Waals surface area contributed by atoms with E-state index in [1.165, 1.54) is 16.7 Å². The molecule has 0 spiro atoms. The number of carbonyl (C=O) groups is 7. The zero-order valence-corrected chi connectivity index (χ0v) is 37.7. The molecule has 354 valence electrons. The number of rotatable bonds is 16. The number of ether oxygens (including phenoxy) is 2. The largest absolute Gasteiger partial charge is 0.459 e. The van der Waals surface area contributed by atoms with Crippen LogP contribution in [0.5, 0.6) is 0 Å². The normalized spacial score (nSPS) is 17.8. The van der Waals surface area contributed by atoms with Gasteiger partial charge in [0.25, 0.3) is 5.56 Å². The number of fused-ring (bicyclic) bond motifs is 5. The molecule has 4 amide bonds. The Balaban J connectivity index is 1.21. The summed E-state index contributed by atoms with van der Waals surface area (Å²) in [4.78, 5) is 110. The maximum Gasteiger partial charge on any atom is 0.343 e.